The SMILES string of the molecule is COc1cc2cc(C(=O)N3CC(CCl)c4c3cc(O)c3nc(C)oc43)[nH]c2c(OC)c1OC. The third kappa shape index (κ3) is 3.06. The lowest BCUT2D eigenvalue weighted by molar-refractivity contribution is 0.0984. The summed E-state index contributed by atoms with van der Waals surface area (Å²) in [5.41, 5.74) is 3.09. The summed E-state index contributed by atoms with van der Waals surface area (Å²) in [6.45, 7) is 2.05. The predicted octanol–water partition coefficient (Wildman–Crippen LogP) is 4.33. The van der Waals surface area contributed by atoms with Crippen molar-refractivity contribution < 1.29 is 28.5 Å². The molecular weight excluding hydrogens is 450 g/mol. The molecule has 2 N–H and O–H groups in total. The lowest BCUT2D eigenvalue weighted by Gasteiger charge is -2.17. The van der Waals surface area contributed by atoms with Crippen molar-refractivity contribution in [3.05, 3.63) is 35.3 Å². The number of aromatic nitrogens is 2. The number of rotatable bonds is 5. The van der Waals surface area contributed by atoms with Crippen molar-refractivity contribution in [2.75, 3.05) is 38.7 Å². The van der Waals surface area contributed by atoms with Crippen LogP contribution < -0.4 is 19.1 Å². The molecule has 0 fully saturated rings. The topological polar surface area (TPSA) is 110 Å². The van der Waals surface area contributed by atoms with E-state index in [1.54, 1.807) is 30.0 Å². The summed E-state index contributed by atoms with van der Waals surface area (Å²) in [5, 5.41) is 11.3. The largest absolute Gasteiger partial charge is 0.505 e. The molecule has 9 nitrogen and oxygen atoms in total. The van der Waals surface area contributed by atoms with Crippen LogP contribution in [0.5, 0.6) is 23.0 Å². The average Bonchev–Trinajstić information content (AvgIpc) is 3.51. The Kier molecular flexibility index (Phi) is 5.01. The Labute approximate surface area is 193 Å². The number of methoxy groups -OCH3 is 3. The van der Waals surface area contributed by atoms with Gasteiger partial charge in [0.05, 0.1) is 32.5 Å². The van der Waals surface area contributed by atoms with Crippen LogP contribution in [0.1, 0.15) is 27.9 Å². The van der Waals surface area contributed by atoms with Crippen molar-refractivity contribution in [3.63, 3.8) is 0 Å². The molecule has 2 aromatic heterocycles. The molecule has 1 aliphatic rings. The molecule has 172 valence electrons. The maximum atomic E-state index is 13.6. The molecule has 1 amide bonds. The fraction of sp³-hybridized carbons (Fsp3) is 0.304. The Balaban J connectivity index is 1.64. The molecule has 2 aromatic carbocycles. The minimum atomic E-state index is -0.282. The fourth-order valence-electron chi connectivity index (χ4n) is 4.53. The molecule has 5 rings (SSSR count). The second-order valence-electron chi connectivity index (χ2n) is 7.80. The second-order valence-corrected chi connectivity index (χ2v) is 8.11. The van der Waals surface area contributed by atoms with Gasteiger partial charge in [-0.1, -0.05) is 0 Å². The highest BCUT2D eigenvalue weighted by molar-refractivity contribution is 6.19. The van der Waals surface area contributed by atoms with E-state index in [-0.39, 0.29) is 23.5 Å². The second kappa shape index (κ2) is 7.77. The van der Waals surface area contributed by atoms with E-state index >= 15 is 0 Å². The molecule has 4 aromatic rings. The van der Waals surface area contributed by atoms with Crippen LogP contribution in [0.2, 0.25) is 0 Å². The number of fused-ring (bicyclic) bond motifs is 4. The van der Waals surface area contributed by atoms with Gasteiger partial charge in [0.25, 0.3) is 5.91 Å². The first-order valence-corrected chi connectivity index (χ1v) is 10.8. The third-order valence-electron chi connectivity index (χ3n) is 5.95. The molecule has 1 atom stereocenters. The summed E-state index contributed by atoms with van der Waals surface area (Å²) >= 11 is 6.25. The summed E-state index contributed by atoms with van der Waals surface area (Å²) in [7, 11) is 4.58. The highest BCUT2D eigenvalue weighted by atomic mass is 35.5. The summed E-state index contributed by atoms with van der Waals surface area (Å²) in [5.74, 6) is 1.55. The normalized spacial score (nSPS) is 15.3. The van der Waals surface area contributed by atoms with E-state index in [9.17, 15) is 9.90 Å². The molecular formula is C23H22ClN3O6. The number of aromatic amines is 1. The number of H-pyrrole nitrogens is 1. The lowest BCUT2D eigenvalue weighted by atomic mass is 10.0. The average molecular weight is 472 g/mol. The molecule has 0 radical (unpaired) electrons. The van der Waals surface area contributed by atoms with E-state index in [1.807, 2.05) is 0 Å². The van der Waals surface area contributed by atoms with Crippen molar-refractivity contribution in [1.82, 2.24) is 9.97 Å². The molecule has 3 heterocycles. The standard InChI is InChI=1S/C23H22ClN3O6/c1-10-25-19-15(28)7-14-17(21(19)33-10)12(8-24)9-27(14)23(29)13-5-11-6-16(30-2)20(31-3)22(32-4)18(11)26-13/h5-7,12,26,28H,8-9H2,1-4H3. The van der Waals surface area contributed by atoms with Gasteiger partial charge in [-0.25, -0.2) is 4.98 Å². The summed E-state index contributed by atoms with van der Waals surface area (Å²) < 4.78 is 22.2. The van der Waals surface area contributed by atoms with Gasteiger partial charge < -0.3 is 33.6 Å². The number of aromatic hydroxyl groups is 1. The molecule has 1 aliphatic heterocycles. The number of halogens is 1. The van der Waals surface area contributed by atoms with Crippen LogP contribution in [-0.4, -0.2) is 54.7 Å². The van der Waals surface area contributed by atoms with Gasteiger partial charge in [-0.2, -0.15) is 0 Å². The van der Waals surface area contributed by atoms with Gasteiger partial charge in [-0.3, -0.25) is 4.79 Å². The van der Waals surface area contributed by atoms with Gasteiger partial charge in [0.1, 0.15) is 11.4 Å². The van der Waals surface area contributed by atoms with Crippen molar-refractivity contribution in [3.8, 4) is 23.0 Å². The Bertz CT molecular complexity index is 1410. The molecule has 0 aliphatic carbocycles. The monoisotopic (exact) mass is 471 g/mol. The Hall–Kier alpha value is -3.59. The van der Waals surface area contributed by atoms with E-state index in [2.05, 4.69) is 9.97 Å². The molecule has 10 heteroatoms. The van der Waals surface area contributed by atoms with Crippen molar-refractivity contribution in [2.45, 2.75) is 12.8 Å². The number of phenols is 1. The number of carbonyl (C=O) groups is 1. The first-order valence-electron chi connectivity index (χ1n) is 10.2. The Morgan fingerprint density at radius 2 is 2.00 bits per heavy atom. The van der Waals surface area contributed by atoms with Gasteiger partial charge in [-0.15, -0.1) is 11.6 Å². The van der Waals surface area contributed by atoms with Crippen LogP contribution in [0.25, 0.3) is 22.0 Å². The number of oxazole rings is 1. The first kappa shape index (κ1) is 21.3. The van der Waals surface area contributed by atoms with Crippen LogP contribution in [0.15, 0.2) is 22.6 Å². The molecule has 0 saturated carbocycles. The number of nitrogens with zero attached hydrogens (tertiary/aromatic N) is 2. The number of ether oxygens (including phenoxy) is 3. The van der Waals surface area contributed by atoms with E-state index < -0.39 is 0 Å². The van der Waals surface area contributed by atoms with Crippen LogP contribution in [-0.2, 0) is 0 Å². The zero-order valence-electron chi connectivity index (χ0n) is 18.5. The minimum Gasteiger partial charge on any atom is -0.505 e. The lowest BCUT2D eigenvalue weighted by Crippen LogP contribution is -2.30. The molecule has 0 spiro atoms. The van der Waals surface area contributed by atoms with Gasteiger partial charge in [0, 0.05) is 42.3 Å². The van der Waals surface area contributed by atoms with Gasteiger partial charge in [0.2, 0.25) is 5.75 Å². The number of anilines is 1. The van der Waals surface area contributed by atoms with Gasteiger partial charge in [-0.05, 0) is 12.1 Å². The van der Waals surface area contributed by atoms with E-state index in [1.165, 1.54) is 21.3 Å². The van der Waals surface area contributed by atoms with E-state index in [4.69, 9.17) is 30.2 Å². The third-order valence-corrected chi connectivity index (χ3v) is 6.33. The van der Waals surface area contributed by atoms with Crippen molar-refractivity contribution in [1.29, 1.82) is 0 Å². The number of phenolic OH excluding ortho intramolecular Hbond substituents is 1. The van der Waals surface area contributed by atoms with E-state index in [0.29, 0.717) is 57.7 Å². The molecule has 1 unspecified atom stereocenters. The maximum Gasteiger partial charge on any atom is 0.274 e. The van der Waals surface area contributed by atoms with Crippen molar-refractivity contribution >= 4 is 45.2 Å². The summed E-state index contributed by atoms with van der Waals surface area (Å²) in [6.07, 6.45) is 0. The summed E-state index contributed by atoms with van der Waals surface area (Å²) in [6, 6.07) is 5.04. The zero-order valence-corrected chi connectivity index (χ0v) is 19.2. The number of amides is 1. The number of hydrogen-bond acceptors (Lipinski definition) is 7. The van der Waals surface area contributed by atoms with E-state index in [0.717, 1.165) is 10.9 Å². The number of carbonyl (C=O) groups excluding carboxylic acids is 1. The maximum absolute atomic E-state index is 13.6. The molecule has 0 saturated heterocycles. The Morgan fingerprint density at radius 1 is 1.24 bits per heavy atom. The highest BCUT2D eigenvalue weighted by Gasteiger charge is 2.37. The zero-order chi connectivity index (χ0) is 23.4. The van der Waals surface area contributed by atoms with Gasteiger partial charge in [0.15, 0.2) is 28.5 Å². The van der Waals surface area contributed by atoms with Crippen LogP contribution >= 0.6 is 11.6 Å². The molecule has 33 heavy (non-hydrogen) atoms. The number of benzene rings is 2. The Morgan fingerprint density at radius 3 is 2.67 bits per heavy atom. The van der Waals surface area contributed by atoms with Crippen molar-refractivity contribution in [2.24, 2.45) is 0 Å². The first-order chi connectivity index (χ1) is 15.9. The highest BCUT2D eigenvalue weighted by Crippen LogP contribution is 2.47. The van der Waals surface area contributed by atoms with Crippen LogP contribution in [0.3, 0.4) is 0 Å². The predicted molar refractivity (Wildman–Crippen MR) is 124 cm³/mol. The smallest absolute Gasteiger partial charge is 0.274 e. The molecule has 0 bridgehead atoms. The van der Waals surface area contributed by atoms with Gasteiger partial charge >= 0.3 is 0 Å². The summed E-state index contributed by atoms with van der Waals surface area (Å²) in [4.78, 5) is 22.6. The number of aryl methyl sites for hydroxylation is 1. The quantitative estimate of drug-likeness (QED) is 0.417. The number of hydrogen-bond donors (Lipinski definition) is 2. The van der Waals surface area contributed by atoms with Crippen LogP contribution in [0, 0.1) is 6.92 Å². The minimum absolute atomic E-state index is 0.0542. The fourth-order valence-corrected chi connectivity index (χ4v) is 4.78. The number of alkyl halides is 1. The van der Waals surface area contributed by atoms with Crippen LogP contribution in [0.4, 0.5) is 5.69 Å². The number of nitrogens with one attached hydrogen (secondary N) is 1.